The molecule has 78 valence electrons. The van der Waals surface area contributed by atoms with Crippen LogP contribution in [0.3, 0.4) is 0 Å². The summed E-state index contributed by atoms with van der Waals surface area (Å²) in [6.07, 6.45) is 8.06. The summed E-state index contributed by atoms with van der Waals surface area (Å²) in [6.45, 7) is 3.88. The van der Waals surface area contributed by atoms with Crippen molar-refractivity contribution in [3.63, 3.8) is 0 Å². The molecule has 0 atom stereocenters. The Hall–Kier alpha value is -1.23. The SMILES string of the molecule is CCCCCC#C/C=C/COC(C)=O. The highest BCUT2D eigenvalue weighted by Gasteiger charge is 1.85. The number of esters is 1. The van der Waals surface area contributed by atoms with Gasteiger partial charge in [0.05, 0.1) is 0 Å². The molecule has 0 bridgehead atoms. The first-order valence-electron chi connectivity index (χ1n) is 5.04. The molecule has 2 nitrogen and oxygen atoms in total. The van der Waals surface area contributed by atoms with Gasteiger partial charge in [0.25, 0.3) is 0 Å². The molecule has 0 aromatic rings. The number of unbranched alkanes of at least 4 members (excludes halogenated alkanes) is 3. The van der Waals surface area contributed by atoms with Gasteiger partial charge in [0.1, 0.15) is 6.61 Å². The van der Waals surface area contributed by atoms with E-state index in [0.717, 1.165) is 6.42 Å². The average Bonchev–Trinajstić information content (AvgIpc) is 2.15. The van der Waals surface area contributed by atoms with Crippen LogP contribution in [0.1, 0.15) is 39.5 Å². The van der Waals surface area contributed by atoms with Crippen molar-refractivity contribution in [2.75, 3.05) is 6.61 Å². The van der Waals surface area contributed by atoms with Crippen LogP contribution in [-0.4, -0.2) is 12.6 Å². The number of hydrogen-bond acceptors (Lipinski definition) is 2. The summed E-state index contributed by atoms with van der Waals surface area (Å²) in [5.41, 5.74) is 0. The summed E-state index contributed by atoms with van der Waals surface area (Å²) in [7, 11) is 0. The number of hydrogen-bond donors (Lipinski definition) is 0. The highest BCUT2D eigenvalue weighted by molar-refractivity contribution is 5.66. The Kier molecular flexibility index (Phi) is 8.99. The van der Waals surface area contributed by atoms with Gasteiger partial charge in [-0.3, -0.25) is 4.79 Å². The van der Waals surface area contributed by atoms with Gasteiger partial charge in [-0.05, 0) is 18.6 Å². The van der Waals surface area contributed by atoms with Gasteiger partial charge in [-0.1, -0.05) is 31.6 Å². The van der Waals surface area contributed by atoms with Crippen LogP contribution in [0, 0.1) is 11.8 Å². The fourth-order valence-electron chi connectivity index (χ4n) is 0.867. The van der Waals surface area contributed by atoms with Crippen molar-refractivity contribution in [1.29, 1.82) is 0 Å². The van der Waals surface area contributed by atoms with Gasteiger partial charge in [-0.15, -0.1) is 0 Å². The lowest BCUT2D eigenvalue weighted by Crippen LogP contribution is -1.96. The lowest BCUT2D eigenvalue weighted by molar-refractivity contribution is -0.139. The lowest BCUT2D eigenvalue weighted by atomic mass is 10.2. The smallest absolute Gasteiger partial charge is 0.302 e. The van der Waals surface area contributed by atoms with Crippen LogP contribution in [0.2, 0.25) is 0 Å². The van der Waals surface area contributed by atoms with E-state index in [4.69, 9.17) is 4.74 Å². The van der Waals surface area contributed by atoms with E-state index < -0.39 is 0 Å². The zero-order valence-corrected chi connectivity index (χ0v) is 9.01. The summed E-state index contributed by atoms with van der Waals surface area (Å²) in [4.78, 5) is 10.4. The molecule has 0 aliphatic rings. The number of ether oxygens (including phenoxy) is 1. The normalized spacial score (nSPS) is 9.57. The first-order chi connectivity index (χ1) is 6.77. The minimum Gasteiger partial charge on any atom is -0.462 e. The van der Waals surface area contributed by atoms with E-state index in [1.807, 2.05) is 0 Å². The Balaban J connectivity index is 3.35. The molecule has 0 spiro atoms. The van der Waals surface area contributed by atoms with E-state index in [2.05, 4.69) is 18.8 Å². The molecule has 14 heavy (non-hydrogen) atoms. The van der Waals surface area contributed by atoms with Crippen LogP contribution in [0.15, 0.2) is 12.2 Å². The van der Waals surface area contributed by atoms with E-state index in [1.165, 1.54) is 26.2 Å². The molecule has 0 saturated carbocycles. The van der Waals surface area contributed by atoms with Crippen molar-refractivity contribution in [2.24, 2.45) is 0 Å². The predicted octanol–water partition coefficient (Wildman–Crippen LogP) is 2.69. The molecule has 0 N–H and O–H groups in total. The third-order valence-electron chi connectivity index (χ3n) is 1.59. The van der Waals surface area contributed by atoms with Crippen molar-refractivity contribution >= 4 is 5.97 Å². The van der Waals surface area contributed by atoms with Crippen LogP contribution in [0.4, 0.5) is 0 Å². The summed E-state index contributed by atoms with van der Waals surface area (Å²) in [5.74, 6) is 5.67. The molecule has 2 heteroatoms. The van der Waals surface area contributed by atoms with E-state index in [0.29, 0.717) is 6.61 Å². The largest absolute Gasteiger partial charge is 0.462 e. The number of rotatable bonds is 5. The zero-order chi connectivity index (χ0) is 10.6. The standard InChI is InChI=1S/C12H18O2/c1-3-4-5-6-7-8-9-10-11-14-12(2)13/h9-10H,3-6,11H2,1-2H3/b10-9+. The lowest BCUT2D eigenvalue weighted by Gasteiger charge is -1.92. The van der Waals surface area contributed by atoms with Crippen LogP contribution in [0.25, 0.3) is 0 Å². The third kappa shape index (κ3) is 10.8. The number of allylic oxidation sites excluding steroid dienone is 1. The van der Waals surface area contributed by atoms with Crippen LogP contribution < -0.4 is 0 Å². The first kappa shape index (κ1) is 12.8. The summed E-state index contributed by atoms with van der Waals surface area (Å²) in [5, 5.41) is 0. The maximum absolute atomic E-state index is 10.4. The van der Waals surface area contributed by atoms with Crippen LogP contribution in [-0.2, 0) is 9.53 Å². The molecule has 0 aliphatic heterocycles. The Morgan fingerprint density at radius 2 is 2.21 bits per heavy atom. The molecule has 0 saturated heterocycles. The Morgan fingerprint density at radius 3 is 2.86 bits per heavy atom. The highest BCUT2D eigenvalue weighted by Crippen LogP contribution is 1.96. The molecule has 0 heterocycles. The average molecular weight is 194 g/mol. The first-order valence-corrected chi connectivity index (χ1v) is 5.04. The molecule has 0 aromatic heterocycles. The molecular weight excluding hydrogens is 176 g/mol. The summed E-state index contributed by atoms with van der Waals surface area (Å²) < 4.78 is 4.69. The second-order valence-corrected chi connectivity index (χ2v) is 2.98. The minimum absolute atomic E-state index is 0.259. The van der Waals surface area contributed by atoms with Crippen molar-refractivity contribution in [1.82, 2.24) is 0 Å². The Bertz CT molecular complexity index is 230. The molecule has 0 fully saturated rings. The molecule has 0 rings (SSSR count). The van der Waals surface area contributed by atoms with E-state index >= 15 is 0 Å². The van der Waals surface area contributed by atoms with E-state index in [-0.39, 0.29) is 5.97 Å². The molecule has 0 aromatic carbocycles. The van der Waals surface area contributed by atoms with Gasteiger partial charge in [0.2, 0.25) is 0 Å². The van der Waals surface area contributed by atoms with Crippen molar-refractivity contribution in [2.45, 2.75) is 39.5 Å². The van der Waals surface area contributed by atoms with Gasteiger partial charge in [-0.25, -0.2) is 0 Å². The second-order valence-electron chi connectivity index (χ2n) is 2.98. The minimum atomic E-state index is -0.259. The van der Waals surface area contributed by atoms with Crippen molar-refractivity contribution in [3.8, 4) is 11.8 Å². The van der Waals surface area contributed by atoms with Crippen LogP contribution >= 0.6 is 0 Å². The molecule has 0 radical (unpaired) electrons. The fourth-order valence-corrected chi connectivity index (χ4v) is 0.867. The van der Waals surface area contributed by atoms with Gasteiger partial charge in [0.15, 0.2) is 0 Å². The van der Waals surface area contributed by atoms with Gasteiger partial charge >= 0.3 is 5.97 Å². The van der Waals surface area contributed by atoms with Gasteiger partial charge < -0.3 is 4.74 Å². The maximum atomic E-state index is 10.4. The number of carbonyl (C=O) groups is 1. The quantitative estimate of drug-likeness (QED) is 0.382. The van der Waals surface area contributed by atoms with E-state index in [1.54, 1.807) is 12.2 Å². The topological polar surface area (TPSA) is 26.3 Å². The Labute approximate surface area is 86.3 Å². The van der Waals surface area contributed by atoms with Gasteiger partial charge in [0, 0.05) is 13.3 Å². The molecular formula is C12H18O2. The van der Waals surface area contributed by atoms with Crippen LogP contribution in [0.5, 0.6) is 0 Å². The number of carbonyl (C=O) groups excluding carboxylic acids is 1. The maximum Gasteiger partial charge on any atom is 0.302 e. The molecule has 0 unspecified atom stereocenters. The highest BCUT2D eigenvalue weighted by atomic mass is 16.5. The summed E-state index contributed by atoms with van der Waals surface area (Å²) in [6, 6.07) is 0. The van der Waals surface area contributed by atoms with E-state index in [9.17, 15) is 4.79 Å². The predicted molar refractivity (Wildman–Crippen MR) is 57.7 cm³/mol. The molecule has 0 aliphatic carbocycles. The monoisotopic (exact) mass is 194 g/mol. The third-order valence-corrected chi connectivity index (χ3v) is 1.59. The summed E-state index contributed by atoms with van der Waals surface area (Å²) >= 11 is 0. The zero-order valence-electron chi connectivity index (χ0n) is 9.01. The fraction of sp³-hybridized carbons (Fsp3) is 0.583. The van der Waals surface area contributed by atoms with Gasteiger partial charge in [-0.2, -0.15) is 0 Å². The van der Waals surface area contributed by atoms with Crippen molar-refractivity contribution in [3.05, 3.63) is 12.2 Å². The van der Waals surface area contributed by atoms with Crippen molar-refractivity contribution < 1.29 is 9.53 Å². The molecule has 0 amide bonds. The Morgan fingerprint density at radius 1 is 1.43 bits per heavy atom. The second kappa shape index (κ2) is 9.85.